The molecular weight excluding hydrogens is 430 g/mol. The van der Waals surface area contributed by atoms with Gasteiger partial charge in [0, 0.05) is 44.6 Å². The number of carbonyl (C=O) groups is 1. The first-order valence-electron chi connectivity index (χ1n) is 12.7. The zero-order chi connectivity index (χ0) is 24.5. The number of aryl methyl sites for hydroxylation is 1. The minimum Gasteiger partial charge on any atom is -0.490 e. The molecule has 0 spiro atoms. The molecule has 0 fully saturated rings. The van der Waals surface area contributed by atoms with E-state index in [0.29, 0.717) is 18.1 Å². The summed E-state index contributed by atoms with van der Waals surface area (Å²) in [4.78, 5) is 14.5. The summed E-state index contributed by atoms with van der Waals surface area (Å²) in [6.45, 7) is 13.1. The third-order valence-electron chi connectivity index (χ3n) is 6.10. The number of benzene rings is 1. The molecule has 1 amide bonds. The molecule has 0 unspecified atom stereocenters. The molecule has 0 radical (unpaired) electrons. The van der Waals surface area contributed by atoms with E-state index in [0.717, 1.165) is 49.7 Å². The molecule has 1 aliphatic heterocycles. The van der Waals surface area contributed by atoms with E-state index in [1.54, 1.807) is 0 Å². The fourth-order valence-electron chi connectivity index (χ4n) is 4.60. The third kappa shape index (κ3) is 6.95. The number of nitrogens with one attached hydrogen (secondary N) is 1. The molecule has 2 aromatic rings. The lowest BCUT2D eigenvalue weighted by Crippen LogP contribution is -2.44. The van der Waals surface area contributed by atoms with E-state index >= 15 is 0 Å². The van der Waals surface area contributed by atoms with Gasteiger partial charge in [0.15, 0.2) is 18.1 Å². The van der Waals surface area contributed by atoms with Gasteiger partial charge in [-0.2, -0.15) is 0 Å². The van der Waals surface area contributed by atoms with Crippen LogP contribution in [0.5, 0.6) is 11.5 Å². The van der Waals surface area contributed by atoms with E-state index < -0.39 is 0 Å². The van der Waals surface area contributed by atoms with E-state index in [1.807, 2.05) is 57.7 Å². The highest BCUT2D eigenvalue weighted by Crippen LogP contribution is 2.29. The summed E-state index contributed by atoms with van der Waals surface area (Å²) < 4.78 is 14.0. The Labute approximate surface area is 204 Å². The van der Waals surface area contributed by atoms with Crippen LogP contribution in [0, 0.1) is 0 Å². The van der Waals surface area contributed by atoms with E-state index in [9.17, 15) is 4.79 Å². The number of fused-ring (bicyclic) bond motifs is 1. The summed E-state index contributed by atoms with van der Waals surface area (Å²) in [7, 11) is 0. The van der Waals surface area contributed by atoms with Crippen molar-refractivity contribution in [3.8, 4) is 11.5 Å². The number of carbonyl (C=O) groups excluding carboxylic acids is 1. The summed E-state index contributed by atoms with van der Waals surface area (Å²) in [6, 6.07) is 6.15. The normalized spacial score (nSPS) is 13.6. The monoisotopic (exact) mass is 471 g/mol. The number of hydrogen-bond donors (Lipinski definition) is 1. The Morgan fingerprint density at radius 1 is 1.09 bits per heavy atom. The SMILES string of the molecule is CCOc1cc(CNCCc2nnc3n2CCCCC3)ccc1OCC(=O)N(C(C)C)C(C)C. The van der Waals surface area contributed by atoms with Crippen LogP contribution in [0.15, 0.2) is 18.2 Å². The fourth-order valence-corrected chi connectivity index (χ4v) is 4.60. The summed E-state index contributed by atoms with van der Waals surface area (Å²) in [5.74, 6) is 3.44. The predicted octanol–water partition coefficient (Wildman–Crippen LogP) is 3.76. The minimum absolute atomic E-state index is 0.00327. The van der Waals surface area contributed by atoms with Gasteiger partial charge in [0.05, 0.1) is 6.61 Å². The van der Waals surface area contributed by atoms with Crippen molar-refractivity contribution in [1.29, 1.82) is 0 Å². The van der Waals surface area contributed by atoms with E-state index in [-0.39, 0.29) is 24.6 Å². The quantitative estimate of drug-likeness (QED) is 0.475. The van der Waals surface area contributed by atoms with Crippen LogP contribution in [0.1, 0.15) is 71.1 Å². The molecule has 0 saturated heterocycles. The second-order valence-electron chi connectivity index (χ2n) is 9.41. The van der Waals surface area contributed by atoms with Gasteiger partial charge in [-0.05, 0) is 65.2 Å². The topological polar surface area (TPSA) is 81.5 Å². The number of hydrogen-bond acceptors (Lipinski definition) is 6. The molecule has 8 nitrogen and oxygen atoms in total. The first-order chi connectivity index (χ1) is 16.4. The molecule has 3 rings (SSSR count). The van der Waals surface area contributed by atoms with Gasteiger partial charge in [0.2, 0.25) is 0 Å². The molecule has 8 heteroatoms. The van der Waals surface area contributed by atoms with Crippen LogP contribution in [0.4, 0.5) is 0 Å². The molecule has 0 bridgehead atoms. The van der Waals surface area contributed by atoms with Crippen LogP contribution in [0.3, 0.4) is 0 Å². The van der Waals surface area contributed by atoms with Crippen molar-refractivity contribution in [2.75, 3.05) is 19.8 Å². The maximum absolute atomic E-state index is 12.7. The number of nitrogens with zero attached hydrogens (tertiary/aromatic N) is 4. The lowest BCUT2D eigenvalue weighted by molar-refractivity contribution is -0.137. The van der Waals surface area contributed by atoms with Gasteiger partial charge < -0.3 is 24.3 Å². The Kier molecular flexibility index (Phi) is 9.74. The molecule has 34 heavy (non-hydrogen) atoms. The number of ether oxygens (including phenoxy) is 2. The Bertz CT molecular complexity index is 917. The largest absolute Gasteiger partial charge is 0.490 e. The third-order valence-corrected chi connectivity index (χ3v) is 6.10. The number of rotatable bonds is 12. The zero-order valence-corrected chi connectivity index (χ0v) is 21.5. The van der Waals surface area contributed by atoms with E-state index in [1.165, 1.54) is 19.3 Å². The van der Waals surface area contributed by atoms with Gasteiger partial charge in [-0.1, -0.05) is 12.5 Å². The minimum atomic E-state index is -0.0236. The smallest absolute Gasteiger partial charge is 0.260 e. The van der Waals surface area contributed by atoms with Crippen molar-refractivity contribution in [3.63, 3.8) is 0 Å². The molecule has 0 saturated carbocycles. The Hall–Kier alpha value is -2.61. The standard InChI is InChI=1S/C26H41N5O3/c1-6-33-23-16-21(11-12-22(23)34-18-26(32)31(19(2)3)20(4)5)17-27-14-13-25-29-28-24-10-8-7-9-15-30(24)25/h11-12,16,19-20,27H,6-10,13-15,17-18H2,1-5H3. The molecule has 2 heterocycles. The average molecular weight is 472 g/mol. The van der Waals surface area contributed by atoms with Crippen molar-refractivity contribution in [3.05, 3.63) is 35.4 Å². The highest BCUT2D eigenvalue weighted by Gasteiger charge is 2.21. The van der Waals surface area contributed by atoms with Crippen LogP contribution >= 0.6 is 0 Å². The first-order valence-corrected chi connectivity index (χ1v) is 12.7. The molecule has 0 atom stereocenters. The highest BCUT2D eigenvalue weighted by molar-refractivity contribution is 5.78. The Morgan fingerprint density at radius 2 is 1.88 bits per heavy atom. The maximum Gasteiger partial charge on any atom is 0.260 e. The van der Waals surface area contributed by atoms with Crippen LogP contribution in [-0.2, 0) is 30.7 Å². The van der Waals surface area contributed by atoms with Crippen molar-refractivity contribution in [1.82, 2.24) is 25.0 Å². The lowest BCUT2D eigenvalue weighted by Gasteiger charge is -2.30. The molecule has 0 aliphatic carbocycles. The van der Waals surface area contributed by atoms with Gasteiger partial charge in [-0.3, -0.25) is 4.79 Å². The van der Waals surface area contributed by atoms with Gasteiger partial charge in [-0.25, -0.2) is 0 Å². The molecular formula is C26H41N5O3. The molecule has 1 aromatic carbocycles. The van der Waals surface area contributed by atoms with Crippen LogP contribution in [0.25, 0.3) is 0 Å². The van der Waals surface area contributed by atoms with E-state index in [2.05, 4.69) is 20.1 Å². The number of amides is 1. The predicted molar refractivity (Wildman–Crippen MR) is 133 cm³/mol. The highest BCUT2D eigenvalue weighted by atomic mass is 16.5. The molecule has 188 valence electrons. The summed E-state index contributed by atoms with van der Waals surface area (Å²) in [5, 5.41) is 12.3. The molecule has 1 aromatic heterocycles. The van der Waals surface area contributed by atoms with Crippen molar-refractivity contribution in [2.24, 2.45) is 0 Å². The van der Waals surface area contributed by atoms with Crippen molar-refractivity contribution < 1.29 is 14.3 Å². The zero-order valence-electron chi connectivity index (χ0n) is 21.5. The Balaban J connectivity index is 1.53. The summed E-state index contributed by atoms with van der Waals surface area (Å²) in [5.41, 5.74) is 1.10. The van der Waals surface area contributed by atoms with Gasteiger partial charge in [0.25, 0.3) is 5.91 Å². The summed E-state index contributed by atoms with van der Waals surface area (Å²) >= 11 is 0. The summed E-state index contributed by atoms with van der Waals surface area (Å²) in [6.07, 6.45) is 5.58. The number of aromatic nitrogens is 3. The molecule has 1 N–H and O–H groups in total. The average Bonchev–Trinajstić information content (AvgIpc) is 3.01. The van der Waals surface area contributed by atoms with Crippen molar-refractivity contribution in [2.45, 2.75) is 91.9 Å². The fraction of sp³-hybridized carbons (Fsp3) is 0.654. The van der Waals surface area contributed by atoms with Crippen LogP contribution in [-0.4, -0.2) is 57.4 Å². The van der Waals surface area contributed by atoms with Crippen LogP contribution < -0.4 is 14.8 Å². The van der Waals surface area contributed by atoms with Gasteiger partial charge in [-0.15, -0.1) is 10.2 Å². The Morgan fingerprint density at radius 3 is 2.62 bits per heavy atom. The van der Waals surface area contributed by atoms with Crippen LogP contribution in [0.2, 0.25) is 0 Å². The molecule has 1 aliphatic rings. The second-order valence-corrected chi connectivity index (χ2v) is 9.41. The lowest BCUT2D eigenvalue weighted by atomic mass is 10.2. The first kappa shape index (κ1) is 26.0. The van der Waals surface area contributed by atoms with Gasteiger partial charge >= 0.3 is 0 Å². The van der Waals surface area contributed by atoms with Crippen molar-refractivity contribution >= 4 is 5.91 Å². The van der Waals surface area contributed by atoms with E-state index in [4.69, 9.17) is 9.47 Å². The van der Waals surface area contributed by atoms with Gasteiger partial charge in [0.1, 0.15) is 11.6 Å². The maximum atomic E-state index is 12.7. The second kappa shape index (κ2) is 12.7.